The molecule has 55 heavy (non-hydrogen) atoms. The van der Waals surface area contributed by atoms with Crippen molar-refractivity contribution >= 4 is 24.9 Å². The molecule has 13 heteroatoms. The summed E-state index contributed by atoms with van der Waals surface area (Å²) in [5.41, 5.74) is -3.02. The number of hydrogen-bond acceptors (Lipinski definition) is 12. The number of aliphatic hydroxyl groups excluding tert-OH is 2. The predicted molar refractivity (Wildman–Crippen MR) is 206 cm³/mol. The number of piperazine rings is 1. The average molecular weight is 764 g/mol. The number of Topliss-reactive ketones (excluding diaryl/α,β-unsaturated/α-hetero) is 1. The standard InChI is InChI=1S/C42H62BN3O9/c1-25-29(23-42(52)26(2)36-40(5)16-15-28(40)22-30(47)41(36,6)37(50)34(49)32(25)39(42,3)4)54-38(51)35(33(44-24-43-53)27-12-9-8-10-13-27)55-31(48)14-11-17-46-20-18-45(7)19-21-46/h8-10,12-13,26,28-30,33-36,44,47,49,52H,11,14-24H2,1-7H3/t26-,28+,29-,30-,33-,34+,35+,36+,40+,41+,42+/m0/s1. The molecule has 6 rings (SSSR count). The van der Waals surface area contributed by atoms with E-state index in [4.69, 9.17) is 9.47 Å². The molecule has 1 aromatic rings. The molecule has 0 amide bonds. The van der Waals surface area contributed by atoms with Crippen LogP contribution >= 0.6 is 0 Å². The quantitative estimate of drug-likeness (QED) is 0.140. The second-order valence-electron chi connectivity index (χ2n) is 18.2. The van der Waals surface area contributed by atoms with Crippen LogP contribution in [0.2, 0.25) is 0 Å². The first-order chi connectivity index (χ1) is 25.9. The molecular weight excluding hydrogens is 701 g/mol. The van der Waals surface area contributed by atoms with Crippen LogP contribution in [0.15, 0.2) is 41.5 Å². The van der Waals surface area contributed by atoms with Crippen LogP contribution in [0.4, 0.5) is 0 Å². The number of carbonyl (C=O) groups is 3. The van der Waals surface area contributed by atoms with Crippen LogP contribution in [0.25, 0.3) is 0 Å². The van der Waals surface area contributed by atoms with E-state index in [1.807, 2.05) is 26.8 Å². The van der Waals surface area contributed by atoms with Crippen LogP contribution in [0, 0.1) is 34.0 Å². The van der Waals surface area contributed by atoms with Crippen molar-refractivity contribution < 1.29 is 43.9 Å². The molecule has 12 nitrogen and oxygen atoms in total. The van der Waals surface area contributed by atoms with Gasteiger partial charge in [0.25, 0.3) is 0 Å². The van der Waals surface area contributed by atoms with Crippen molar-refractivity contribution in [3.8, 4) is 0 Å². The third-order valence-corrected chi connectivity index (χ3v) is 15.1. The van der Waals surface area contributed by atoms with Gasteiger partial charge in [-0.05, 0) is 39.2 Å². The van der Waals surface area contributed by atoms with E-state index in [2.05, 4.69) is 29.1 Å². The molecule has 1 aromatic carbocycles. The van der Waals surface area contributed by atoms with E-state index < -0.39 is 76.4 Å². The average Bonchev–Trinajstić information content (AvgIpc) is 3.14. The zero-order valence-electron chi connectivity index (χ0n) is 33.8. The summed E-state index contributed by atoms with van der Waals surface area (Å²) in [4.78, 5) is 47.3. The summed E-state index contributed by atoms with van der Waals surface area (Å²) < 4.78 is 23.9. The number of ketones is 1. The molecular formula is C42H62BN3O9. The van der Waals surface area contributed by atoms with Gasteiger partial charge < -0.3 is 10.0 Å². The van der Waals surface area contributed by atoms with Crippen LogP contribution in [0.3, 0.4) is 0 Å². The van der Waals surface area contributed by atoms with Crippen molar-refractivity contribution in [1.82, 2.24) is 15.1 Å². The molecule has 3 saturated carbocycles. The fourth-order valence-electron chi connectivity index (χ4n) is 11.6. The summed E-state index contributed by atoms with van der Waals surface area (Å²) in [6, 6.07) is 8.00. The Kier molecular flexibility index (Phi) is 12.1. The van der Waals surface area contributed by atoms with Gasteiger partial charge in [0.15, 0.2) is 0 Å². The van der Waals surface area contributed by atoms with E-state index in [0.717, 1.165) is 39.0 Å². The number of hydrogen-bond donors (Lipinski definition) is 4. The summed E-state index contributed by atoms with van der Waals surface area (Å²) in [5, 5.41) is 39.9. The number of nitrogens with zero attached hydrogens (tertiary/aromatic N) is 2. The first kappa shape index (κ1) is 41.8. The van der Waals surface area contributed by atoms with E-state index in [1.54, 1.807) is 38.1 Å². The summed E-state index contributed by atoms with van der Waals surface area (Å²) >= 11 is 0. The number of rotatable bonds is 12. The summed E-state index contributed by atoms with van der Waals surface area (Å²) in [6.07, 6.45) is -2.53. The van der Waals surface area contributed by atoms with Crippen LogP contribution < -0.4 is 5.32 Å². The Morgan fingerprint density at radius 3 is 2.36 bits per heavy atom. The van der Waals surface area contributed by atoms with Gasteiger partial charge in [0.1, 0.15) is 0 Å². The van der Waals surface area contributed by atoms with Crippen LogP contribution in [0.5, 0.6) is 0 Å². The van der Waals surface area contributed by atoms with Crippen LogP contribution in [-0.2, 0) is 28.6 Å². The Balaban J connectivity index is 1.33. The molecule has 0 aromatic heterocycles. The minimum absolute atomic E-state index is 0.0317. The predicted octanol–water partition coefficient (Wildman–Crippen LogP) is 3.04. The SMILES string of the molecule is CC1=C2[C@@H](O)C(=O)[C@@]3(C)[C@H]([C@H](C)[C@](O)(C[C@@H]1OC(=O)[C@H](OC(=O)CCCN1CCN(C)CC1)[C@@H](NCB=O)c1ccccc1)C2(C)C)[C@]1(C)CC[C@@H]1C[C@@H]3O. The maximum atomic E-state index is 14.6. The summed E-state index contributed by atoms with van der Waals surface area (Å²) in [6.45, 7) is 15.6. The Labute approximate surface area is 326 Å². The number of benzene rings is 1. The third-order valence-electron chi connectivity index (χ3n) is 15.1. The second kappa shape index (κ2) is 15.9. The normalized spacial score (nSPS) is 37.2. The van der Waals surface area contributed by atoms with Gasteiger partial charge >= 0.3 is 265 Å². The van der Waals surface area contributed by atoms with Crippen LogP contribution in [-0.4, -0.2) is 126 Å². The van der Waals surface area contributed by atoms with E-state index in [0.29, 0.717) is 37.7 Å². The van der Waals surface area contributed by atoms with Crippen molar-refractivity contribution in [3.63, 3.8) is 0 Å². The molecule has 4 aliphatic carbocycles. The summed E-state index contributed by atoms with van der Waals surface area (Å²) in [7, 11) is 2.75. The van der Waals surface area contributed by atoms with Crippen molar-refractivity contribution in [2.45, 2.75) is 116 Å². The number of carbonyl (C=O) groups excluding carboxylic acids is 3. The van der Waals surface area contributed by atoms with Gasteiger partial charge in [-0.3, -0.25) is 0 Å². The summed E-state index contributed by atoms with van der Waals surface area (Å²) in [5.74, 6) is -2.76. The van der Waals surface area contributed by atoms with Gasteiger partial charge in [0, 0.05) is 0 Å². The molecule has 302 valence electrons. The zero-order chi connectivity index (χ0) is 40.1. The van der Waals surface area contributed by atoms with Crippen molar-refractivity contribution in [2.24, 2.45) is 34.0 Å². The number of esters is 2. The minimum atomic E-state index is -1.65. The maximum absolute atomic E-state index is 14.6. The molecule has 4 fully saturated rings. The van der Waals surface area contributed by atoms with E-state index in [1.165, 1.54) is 0 Å². The van der Waals surface area contributed by atoms with Crippen molar-refractivity contribution in [3.05, 3.63) is 47.0 Å². The van der Waals surface area contributed by atoms with E-state index >= 15 is 0 Å². The molecule has 4 N–H and O–H groups in total. The molecule has 0 unspecified atom stereocenters. The molecule has 1 heterocycles. The topological polar surface area (TPSA) is 166 Å². The molecule has 5 aliphatic rings. The number of likely N-dealkylation sites (N-methyl/N-ethyl adjacent to an activating group) is 1. The number of ether oxygens (including phenoxy) is 2. The minimum Gasteiger partial charge on any atom is -0.392 e. The fourth-order valence-corrected chi connectivity index (χ4v) is 11.6. The van der Waals surface area contributed by atoms with Gasteiger partial charge in [-0.1, -0.05) is 6.92 Å². The molecule has 2 bridgehead atoms. The van der Waals surface area contributed by atoms with Gasteiger partial charge in [0.2, 0.25) is 0 Å². The van der Waals surface area contributed by atoms with E-state index in [-0.39, 0.29) is 36.2 Å². The Bertz CT molecular complexity index is 1650. The molecule has 0 radical (unpaired) electrons. The Hall–Kier alpha value is -2.81. The monoisotopic (exact) mass is 763 g/mol. The number of aliphatic hydroxyl groups is 3. The van der Waals surface area contributed by atoms with Crippen molar-refractivity contribution in [2.75, 3.05) is 46.2 Å². The Morgan fingerprint density at radius 2 is 1.75 bits per heavy atom. The number of fused-ring (bicyclic) bond motifs is 5. The first-order valence-corrected chi connectivity index (χ1v) is 20.3. The molecule has 0 spiro atoms. The van der Waals surface area contributed by atoms with Gasteiger partial charge in [-0.2, -0.15) is 0 Å². The number of nitrogens with one attached hydrogen (secondary N) is 1. The Morgan fingerprint density at radius 1 is 1.07 bits per heavy atom. The third kappa shape index (κ3) is 7.20. The first-order valence-electron chi connectivity index (χ1n) is 20.3. The smallest absolute Gasteiger partial charge is 0.392 e. The fraction of sp³-hybridized carbons (Fsp3) is 0.738. The van der Waals surface area contributed by atoms with Gasteiger partial charge in [-0.15, -0.1) is 0 Å². The molecule has 1 saturated heterocycles. The second-order valence-corrected chi connectivity index (χ2v) is 18.2. The van der Waals surface area contributed by atoms with Crippen LogP contribution in [0.1, 0.15) is 91.7 Å². The molecule has 11 atom stereocenters. The van der Waals surface area contributed by atoms with Gasteiger partial charge in [0.05, 0.1) is 6.10 Å². The molecule has 1 aliphatic heterocycles. The van der Waals surface area contributed by atoms with Gasteiger partial charge in [-0.25, -0.2) is 0 Å². The van der Waals surface area contributed by atoms with Crippen molar-refractivity contribution in [1.29, 1.82) is 0 Å². The zero-order valence-corrected chi connectivity index (χ0v) is 33.8. The van der Waals surface area contributed by atoms with E-state index in [9.17, 15) is 34.4 Å².